The van der Waals surface area contributed by atoms with Crippen LogP contribution in [0.25, 0.3) is 5.69 Å². The predicted molar refractivity (Wildman–Crippen MR) is 112 cm³/mol. The van der Waals surface area contributed by atoms with E-state index in [0.717, 1.165) is 24.2 Å². The van der Waals surface area contributed by atoms with Gasteiger partial charge in [-0.3, -0.25) is 14.4 Å². The van der Waals surface area contributed by atoms with Gasteiger partial charge in [-0.2, -0.15) is 0 Å². The monoisotopic (exact) mass is 423 g/mol. The van der Waals surface area contributed by atoms with Crippen LogP contribution in [0.4, 0.5) is 4.39 Å². The molecule has 2 aromatic carbocycles. The molecule has 1 aromatic heterocycles. The summed E-state index contributed by atoms with van der Waals surface area (Å²) in [7, 11) is 0. The number of halogens is 2. The first-order chi connectivity index (χ1) is 14.5. The molecule has 30 heavy (non-hydrogen) atoms. The van der Waals surface area contributed by atoms with Crippen molar-refractivity contribution in [1.29, 1.82) is 0 Å². The van der Waals surface area contributed by atoms with Crippen LogP contribution in [0.15, 0.2) is 53.7 Å². The largest absolute Gasteiger partial charge is 0.481 e. The lowest BCUT2D eigenvalue weighted by Crippen LogP contribution is -2.10. The van der Waals surface area contributed by atoms with Gasteiger partial charge >= 0.3 is 5.97 Å². The maximum atomic E-state index is 14.8. The molecule has 1 aliphatic heterocycles. The van der Waals surface area contributed by atoms with Gasteiger partial charge < -0.3 is 5.11 Å². The molecule has 5 rings (SSSR count). The minimum absolute atomic E-state index is 0.0541. The average Bonchev–Trinajstić information content (AvgIpc) is 3.50. The highest BCUT2D eigenvalue weighted by molar-refractivity contribution is 6.31. The molecule has 152 valence electrons. The van der Waals surface area contributed by atoms with Crippen molar-refractivity contribution in [2.24, 2.45) is 4.99 Å². The van der Waals surface area contributed by atoms with E-state index >= 15 is 0 Å². The van der Waals surface area contributed by atoms with E-state index in [0.29, 0.717) is 33.6 Å². The SMILES string of the molecule is O=C(O)CC[C@@H]1N=C(c2ccccc2F)c2cc(Cl)ccc2-n2c(C3CC3)cnc21. The Kier molecular flexibility index (Phi) is 4.66. The summed E-state index contributed by atoms with van der Waals surface area (Å²) < 4.78 is 16.9. The fourth-order valence-electron chi connectivity index (χ4n) is 4.04. The second-order valence-electron chi connectivity index (χ2n) is 7.72. The molecule has 1 N–H and O–H groups in total. The molecular formula is C23H19ClFN3O2. The predicted octanol–water partition coefficient (Wildman–Crippen LogP) is 5.30. The van der Waals surface area contributed by atoms with Crippen LogP contribution in [0, 0.1) is 5.82 Å². The van der Waals surface area contributed by atoms with Crippen molar-refractivity contribution in [3.63, 3.8) is 0 Å². The van der Waals surface area contributed by atoms with Crippen molar-refractivity contribution in [3.05, 3.63) is 82.1 Å². The van der Waals surface area contributed by atoms with Gasteiger partial charge in [-0.05, 0) is 49.6 Å². The first-order valence-electron chi connectivity index (χ1n) is 9.95. The molecule has 1 aliphatic carbocycles. The number of rotatable bonds is 5. The number of carbonyl (C=O) groups is 1. The van der Waals surface area contributed by atoms with Crippen molar-refractivity contribution >= 4 is 23.3 Å². The number of nitrogens with zero attached hydrogens (tertiary/aromatic N) is 3. The summed E-state index contributed by atoms with van der Waals surface area (Å²) in [6.07, 6.45) is 4.27. The fraction of sp³-hybridized carbons (Fsp3) is 0.261. The van der Waals surface area contributed by atoms with Crippen LogP contribution in [0.1, 0.15) is 60.3 Å². The van der Waals surface area contributed by atoms with E-state index in [4.69, 9.17) is 16.6 Å². The zero-order chi connectivity index (χ0) is 20.8. The third kappa shape index (κ3) is 3.31. The van der Waals surface area contributed by atoms with E-state index in [1.54, 1.807) is 30.3 Å². The highest BCUT2D eigenvalue weighted by Gasteiger charge is 2.34. The van der Waals surface area contributed by atoms with E-state index in [2.05, 4.69) is 9.55 Å². The Balaban J connectivity index is 1.77. The summed E-state index contributed by atoms with van der Waals surface area (Å²) >= 11 is 6.33. The maximum Gasteiger partial charge on any atom is 0.303 e. The molecule has 1 atom stereocenters. The molecule has 2 heterocycles. The molecule has 5 nitrogen and oxygen atoms in total. The first kappa shape index (κ1) is 19.0. The normalized spacial score (nSPS) is 17.7. The van der Waals surface area contributed by atoms with Gasteiger partial charge in [0.15, 0.2) is 0 Å². The zero-order valence-electron chi connectivity index (χ0n) is 16.1. The Hall–Kier alpha value is -2.99. The molecule has 1 fully saturated rings. The maximum absolute atomic E-state index is 14.8. The number of hydrogen-bond acceptors (Lipinski definition) is 3. The van der Waals surface area contributed by atoms with Crippen LogP contribution >= 0.6 is 11.6 Å². The van der Waals surface area contributed by atoms with Crippen LogP contribution in [0.3, 0.4) is 0 Å². The summed E-state index contributed by atoms with van der Waals surface area (Å²) in [5.41, 5.74) is 3.47. The highest BCUT2D eigenvalue weighted by Crippen LogP contribution is 2.44. The van der Waals surface area contributed by atoms with Crippen molar-refractivity contribution in [1.82, 2.24) is 9.55 Å². The van der Waals surface area contributed by atoms with E-state index in [-0.39, 0.29) is 18.7 Å². The summed E-state index contributed by atoms with van der Waals surface area (Å²) in [5, 5.41) is 9.77. The molecule has 3 aromatic rings. The van der Waals surface area contributed by atoms with Crippen molar-refractivity contribution in [2.75, 3.05) is 0 Å². The molecular weight excluding hydrogens is 405 g/mol. The highest BCUT2D eigenvalue weighted by atomic mass is 35.5. The topological polar surface area (TPSA) is 67.5 Å². The van der Waals surface area contributed by atoms with Crippen LogP contribution < -0.4 is 0 Å². The number of carboxylic acid groups (broad SMARTS) is 1. The summed E-state index contributed by atoms with van der Waals surface area (Å²) in [4.78, 5) is 20.8. The molecule has 2 aliphatic rings. The second-order valence-corrected chi connectivity index (χ2v) is 8.15. The lowest BCUT2D eigenvalue weighted by Gasteiger charge is -2.15. The van der Waals surface area contributed by atoms with Crippen LogP contribution in [0.2, 0.25) is 5.02 Å². The fourth-order valence-corrected chi connectivity index (χ4v) is 4.21. The third-order valence-corrected chi connectivity index (χ3v) is 5.85. The minimum atomic E-state index is -0.900. The smallest absolute Gasteiger partial charge is 0.303 e. The van der Waals surface area contributed by atoms with Crippen LogP contribution in [-0.2, 0) is 4.79 Å². The summed E-state index contributed by atoms with van der Waals surface area (Å²) in [5.74, 6) is -0.179. The number of imidazole rings is 1. The van der Waals surface area contributed by atoms with Gasteiger partial charge in [0.2, 0.25) is 0 Å². The molecule has 0 saturated heterocycles. The first-order valence-corrected chi connectivity index (χ1v) is 10.3. The molecule has 7 heteroatoms. The molecule has 0 unspecified atom stereocenters. The Morgan fingerprint density at radius 3 is 2.73 bits per heavy atom. The van der Waals surface area contributed by atoms with Gasteiger partial charge in [0, 0.05) is 40.4 Å². The average molecular weight is 424 g/mol. The van der Waals surface area contributed by atoms with Gasteiger partial charge in [-0.15, -0.1) is 0 Å². The molecule has 0 spiro atoms. The van der Waals surface area contributed by atoms with E-state index < -0.39 is 12.0 Å². The van der Waals surface area contributed by atoms with E-state index in [9.17, 15) is 14.3 Å². The zero-order valence-corrected chi connectivity index (χ0v) is 16.8. The molecule has 0 bridgehead atoms. The van der Waals surface area contributed by atoms with Crippen LogP contribution in [-0.4, -0.2) is 26.3 Å². The number of carboxylic acids is 1. The standard InChI is InChI=1S/C23H19ClFN3O2/c24-14-7-9-19-16(11-14)22(15-3-1-2-4-17(15)25)27-18(8-10-21(29)30)23-26-12-20(28(19)23)13-5-6-13/h1-4,7,9,11-13,18H,5-6,8,10H2,(H,29,30)/t18-/m0/s1. The Bertz CT molecular complexity index is 1180. The Morgan fingerprint density at radius 2 is 2.00 bits per heavy atom. The number of fused-ring (bicyclic) bond motifs is 3. The summed E-state index contributed by atoms with van der Waals surface area (Å²) in [6, 6.07) is 11.5. The van der Waals surface area contributed by atoms with Crippen molar-refractivity contribution < 1.29 is 14.3 Å². The van der Waals surface area contributed by atoms with Gasteiger partial charge in [0.1, 0.15) is 17.7 Å². The number of benzene rings is 2. The quantitative estimate of drug-likeness (QED) is 0.605. The number of aliphatic carboxylic acids is 1. The number of hydrogen-bond donors (Lipinski definition) is 1. The minimum Gasteiger partial charge on any atom is -0.481 e. The van der Waals surface area contributed by atoms with Gasteiger partial charge in [0.25, 0.3) is 0 Å². The van der Waals surface area contributed by atoms with E-state index in [1.165, 1.54) is 6.07 Å². The van der Waals surface area contributed by atoms with E-state index in [1.807, 2.05) is 12.3 Å². The van der Waals surface area contributed by atoms with Gasteiger partial charge in [-0.25, -0.2) is 9.37 Å². The molecule has 1 saturated carbocycles. The van der Waals surface area contributed by atoms with Gasteiger partial charge in [0.05, 0.1) is 11.4 Å². The second kappa shape index (κ2) is 7.36. The number of aliphatic imine (C=N–C) groups is 1. The van der Waals surface area contributed by atoms with Crippen LogP contribution in [0.5, 0.6) is 0 Å². The lowest BCUT2D eigenvalue weighted by molar-refractivity contribution is -0.137. The third-order valence-electron chi connectivity index (χ3n) is 5.61. The van der Waals surface area contributed by atoms with Gasteiger partial charge in [-0.1, -0.05) is 23.7 Å². The molecule has 0 amide bonds. The lowest BCUT2D eigenvalue weighted by atomic mass is 9.99. The Morgan fingerprint density at radius 1 is 1.20 bits per heavy atom. The number of aromatic nitrogens is 2. The van der Waals surface area contributed by atoms with Crippen molar-refractivity contribution in [2.45, 2.75) is 37.6 Å². The Labute approximate surface area is 177 Å². The molecule has 0 radical (unpaired) electrons. The summed E-state index contributed by atoms with van der Waals surface area (Å²) in [6.45, 7) is 0. The van der Waals surface area contributed by atoms with Crippen molar-refractivity contribution in [3.8, 4) is 5.69 Å².